The number of fused-ring (bicyclic) bond motifs is 3. The van der Waals surface area contributed by atoms with Crippen molar-refractivity contribution in [2.45, 2.75) is 25.9 Å². The van der Waals surface area contributed by atoms with Gasteiger partial charge in [0.15, 0.2) is 6.17 Å². The quantitative estimate of drug-likeness (QED) is 0.691. The van der Waals surface area contributed by atoms with Crippen molar-refractivity contribution >= 4 is 29.1 Å². The maximum absolute atomic E-state index is 6.25. The first-order chi connectivity index (χ1) is 10.3. The summed E-state index contributed by atoms with van der Waals surface area (Å²) in [4.78, 5) is 9.46. The predicted molar refractivity (Wildman–Crippen MR) is 85.7 cm³/mol. The molecule has 0 bridgehead atoms. The van der Waals surface area contributed by atoms with Crippen molar-refractivity contribution in [2.75, 3.05) is 24.5 Å². The SMILES string of the molecule is CC1=NN(Cl)C2CN=C(N3CCCC3)c3ccccc3N12. The van der Waals surface area contributed by atoms with Crippen molar-refractivity contribution in [1.82, 2.24) is 9.43 Å². The summed E-state index contributed by atoms with van der Waals surface area (Å²) in [6.07, 6.45) is 2.46. The highest BCUT2D eigenvalue weighted by atomic mass is 35.5. The van der Waals surface area contributed by atoms with Crippen LogP contribution < -0.4 is 4.90 Å². The van der Waals surface area contributed by atoms with Crippen LogP contribution in [0.25, 0.3) is 0 Å². The van der Waals surface area contributed by atoms with Gasteiger partial charge >= 0.3 is 0 Å². The normalized spacial score (nSPS) is 24.5. The summed E-state index contributed by atoms with van der Waals surface area (Å²) in [5, 5.41) is 4.36. The number of para-hydroxylation sites is 1. The molecule has 5 nitrogen and oxygen atoms in total. The van der Waals surface area contributed by atoms with Gasteiger partial charge in [-0.3, -0.25) is 4.99 Å². The molecule has 6 heteroatoms. The lowest BCUT2D eigenvalue weighted by Crippen LogP contribution is -2.40. The number of halogens is 1. The first-order valence-corrected chi connectivity index (χ1v) is 7.78. The molecule has 0 aliphatic carbocycles. The summed E-state index contributed by atoms with van der Waals surface area (Å²) in [6.45, 7) is 4.81. The standard InChI is InChI=1S/C15H18ClN5/c1-11-18-21(16)14-10-17-15(19-8-4-5-9-19)12-6-2-3-7-13(12)20(11)14/h2-3,6-7,14H,4-5,8-10H2,1H3. The smallest absolute Gasteiger partial charge is 0.161 e. The zero-order chi connectivity index (χ0) is 14.4. The predicted octanol–water partition coefficient (Wildman–Crippen LogP) is 2.48. The van der Waals surface area contributed by atoms with E-state index in [9.17, 15) is 0 Å². The van der Waals surface area contributed by atoms with Gasteiger partial charge in [0, 0.05) is 30.4 Å². The fraction of sp³-hybridized carbons (Fsp3) is 0.467. The Balaban J connectivity index is 1.83. The Morgan fingerprint density at radius 3 is 2.76 bits per heavy atom. The molecule has 0 saturated carbocycles. The van der Waals surface area contributed by atoms with E-state index in [0.29, 0.717) is 6.54 Å². The highest BCUT2D eigenvalue weighted by molar-refractivity contribution is 6.17. The average molecular weight is 304 g/mol. The lowest BCUT2D eigenvalue weighted by Gasteiger charge is -2.27. The van der Waals surface area contributed by atoms with E-state index in [2.05, 4.69) is 39.2 Å². The van der Waals surface area contributed by atoms with Gasteiger partial charge in [0.05, 0.1) is 12.2 Å². The summed E-state index contributed by atoms with van der Waals surface area (Å²) < 4.78 is 1.50. The Bertz CT molecular complexity index is 620. The van der Waals surface area contributed by atoms with E-state index < -0.39 is 0 Å². The fourth-order valence-corrected chi connectivity index (χ4v) is 3.63. The van der Waals surface area contributed by atoms with Crippen molar-refractivity contribution in [3.63, 3.8) is 0 Å². The van der Waals surface area contributed by atoms with E-state index in [1.807, 2.05) is 6.92 Å². The molecular weight excluding hydrogens is 286 g/mol. The molecule has 1 fully saturated rings. The first kappa shape index (κ1) is 13.0. The molecule has 0 spiro atoms. The number of hydrogen-bond acceptors (Lipinski definition) is 5. The summed E-state index contributed by atoms with van der Waals surface area (Å²) in [6, 6.07) is 8.42. The third kappa shape index (κ3) is 1.99. The van der Waals surface area contributed by atoms with E-state index in [-0.39, 0.29) is 6.17 Å². The first-order valence-electron chi connectivity index (χ1n) is 7.44. The summed E-state index contributed by atoms with van der Waals surface area (Å²) in [5.41, 5.74) is 2.33. The van der Waals surface area contributed by atoms with Crippen LogP contribution in [0.4, 0.5) is 5.69 Å². The van der Waals surface area contributed by atoms with Crippen LogP contribution in [-0.4, -0.2) is 46.9 Å². The number of hydrazone groups is 1. The number of anilines is 1. The van der Waals surface area contributed by atoms with Gasteiger partial charge in [0.2, 0.25) is 0 Å². The van der Waals surface area contributed by atoms with Crippen LogP contribution in [0, 0.1) is 0 Å². The highest BCUT2D eigenvalue weighted by Gasteiger charge is 2.37. The van der Waals surface area contributed by atoms with Crippen molar-refractivity contribution in [2.24, 2.45) is 10.1 Å². The molecule has 1 atom stereocenters. The number of likely N-dealkylation sites (tertiary alicyclic amines) is 1. The molecule has 1 aromatic rings. The molecule has 0 N–H and O–H groups in total. The minimum Gasteiger partial charge on any atom is -0.356 e. The van der Waals surface area contributed by atoms with E-state index in [0.717, 1.165) is 30.4 Å². The Morgan fingerprint density at radius 1 is 1.19 bits per heavy atom. The van der Waals surface area contributed by atoms with Gasteiger partial charge in [-0.05, 0) is 31.9 Å². The van der Waals surface area contributed by atoms with E-state index >= 15 is 0 Å². The maximum atomic E-state index is 6.25. The van der Waals surface area contributed by atoms with Gasteiger partial charge in [-0.2, -0.15) is 4.53 Å². The van der Waals surface area contributed by atoms with Crippen LogP contribution in [-0.2, 0) is 0 Å². The van der Waals surface area contributed by atoms with Gasteiger partial charge in [-0.15, -0.1) is 5.10 Å². The molecule has 3 aliphatic heterocycles. The molecule has 4 rings (SSSR count). The Morgan fingerprint density at radius 2 is 1.95 bits per heavy atom. The number of amidine groups is 2. The monoisotopic (exact) mass is 303 g/mol. The Hall–Kier alpha value is -1.75. The Labute approximate surface area is 129 Å². The lowest BCUT2D eigenvalue weighted by molar-refractivity contribution is 0.400. The number of aliphatic imine (C=N–C) groups is 1. The summed E-state index contributed by atoms with van der Waals surface area (Å²) in [7, 11) is 0. The maximum Gasteiger partial charge on any atom is 0.161 e. The molecule has 21 heavy (non-hydrogen) atoms. The Kier molecular flexibility index (Phi) is 3.03. The second-order valence-electron chi connectivity index (χ2n) is 5.66. The van der Waals surface area contributed by atoms with E-state index in [4.69, 9.17) is 16.8 Å². The van der Waals surface area contributed by atoms with Gasteiger partial charge < -0.3 is 9.80 Å². The second-order valence-corrected chi connectivity index (χ2v) is 6.01. The molecule has 1 unspecified atom stereocenters. The lowest BCUT2D eigenvalue weighted by atomic mass is 10.1. The van der Waals surface area contributed by atoms with Gasteiger partial charge in [0.25, 0.3) is 0 Å². The summed E-state index contributed by atoms with van der Waals surface area (Å²) >= 11 is 6.25. The van der Waals surface area contributed by atoms with Crippen molar-refractivity contribution in [3.8, 4) is 0 Å². The van der Waals surface area contributed by atoms with E-state index in [1.54, 1.807) is 0 Å². The fourth-order valence-electron chi connectivity index (χ4n) is 3.37. The van der Waals surface area contributed by atoms with Gasteiger partial charge in [-0.25, -0.2) is 0 Å². The largest absolute Gasteiger partial charge is 0.356 e. The van der Waals surface area contributed by atoms with Crippen LogP contribution in [0.1, 0.15) is 25.3 Å². The topological polar surface area (TPSA) is 34.4 Å². The van der Waals surface area contributed by atoms with Crippen LogP contribution >= 0.6 is 11.8 Å². The number of rotatable bonds is 0. The molecule has 0 aromatic heterocycles. The van der Waals surface area contributed by atoms with Crippen LogP contribution in [0.5, 0.6) is 0 Å². The summed E-state index contributed by atoms with van der Waals surface area (Å²) in [5.74, 6) is 2.02. The highest BCUT2D eigenvalue weighted by Crippen LogP contribution is 2.33. The second kappa shape index (κ2) is 4.91. The number of nitrogens with zero attached hydrogens (tertiary/aromatic N) is 5. The third-order valence-electron chi connectivity index (χ3n) is 4.35. The van der Waals surface area contributed by atoms with Crippen molar-refractivity contribution < 1.29 is 0 Å². The minimum atomic E-state index is -0.0343. The number of benzene rings is 1. The zero-order valence-electron chi connectivity index (χ0n) is 12.0. The molecule has 1 aromatic carbocycles. The van der Waals surface area contributed by atoms with Crippen molar-refractivity contribution in [3.05, 3.63) is 29.8 Å². The zero-order valence-corrected chi connectivity index (χ0v) is 12.8. The van der Waals surface area contributed by atoms with E-state index in [1.165, 1.54) is 22.9 Å². The minimum absolute atomic E-state index is 0.0343. The molecule has 0 radical (unpaired) electrons. The molecule has 3 aliphatic rings. The van der Waals surface area contributed by atoms with Crippen LogP contribution in [0.3, 0.4) is 0 Å². The van der Waals surface area contributed by atoms with Crippen molar-refractivity contribution in [1.29, 1.82) is 0 Å². The number of hydrogen-bond donors (Lipinski definition) is 0. The molecule has 0 amide bonds. The van der Waals surface area contributed by atoms with Crippen LogP contribution in [0.15, 0.2) is 34.4 Å². The van der Waals surface area contributed by atoms with Gasteiger partial charge in [-0.1, -0.05) is 12.1 Å². The van der Waals surface area contributed by atoms with Crippen LogP contribution in [0.2, 0.25) is 0 Å². The third-order valence-corrected chi connectivity index (χ3v) is 4.65. The molecule has 3 heterocycles. The molecule has 110 valence electrons. The average Bonchev–Trinajstić information content (AvgIpc) is 3.05. The van der Waals surface area contributed by atoms with Gasteiger partial charge in [0.1, 0.15) is 11.7 Å². The molecule has 1 saturated heterocycles. The molecular formula is C15H18ClN5.